The second-order valence-electron chi connectivity index (χ2n) is 7.88. The van der Waals surface area contributed by atoms with E-state index < -0.39 is 0 Å². The van der Waals surface area contributed by atoms with Gasteiger partial charge in [-0.3, -0.25) is 9.59 Å². The van der Waals surface area contributed by atoms with Crippen LogP contribution in [0.2, 0.25) is 0 Å². The van der Waals surface area contributed by atoms with Crippen LogP contribution in [0.15, 0.2) is 53.1 Å². The Morgan fingerprint density at radius 1 is 1.10 bits per heavy atom. The molecule has 1 saturated heterocycles. The van der Waals surface area contributed by atoms with Crippen LogP contribution in [0.3, 0.4) is 0 Å². The quantitative estimate of drug-likeness (QED) is 0.662. The van der Waals surface area contributed by atoms with Gasteiger partial charge in [0.1, 0.15) is 5.58 Å². The highest BCUT2D eigenvalue weighted by atomic mass is 16.5. The lowest BCUT2D eigenvalue weighted by Gasteiger charge is -2.28. The van der Waals surface area contributed by atoms with Crippen molar-refractivity contribution >= 4 is 34.2 Å². The first-order valence-corrected chi connectivity index (χ1v) is 10.4. The number of carbonyl (C=O) groups excluding carboxylic acids is 2. The zero-order valence-electron chi connectivity index (χ0n) is 17.9. The molecule has 0 bridgehead atoms. The molecular formula is C24H27N3O4. The van der Waals surface area contributed by atoms with E-state index >= 15 is 0 Å². The number of morpholine rings is 1. The molecule has 2 aromatic carbocycles. The van der Waals surface area contributed by atoms with E-state index in [1.165, 1.54) is 4.90 Å². The molecule has 7 nitrogen and oxygen atoms in total. The smallest absolute Gasteiger partial charge is 0.243 e. The zero-order valence-corrected chi connectivity index (χ0v) is 17.9. The predicted molar refractivity (Wildman–Crippen MR) is 120 cm³/mol. The summed E-state index contributed by atoms with van der Waals surface area (Å²) >= 11 is 0. The Labute approximate surface area is 181 Å². The Kier molecular flexibility index (Phi) is 6.23. The van der Waals surface area contributed by atoms with Crippen LogP contribution in [-0.2, 0) is 20.7 Å². The van der Waals surface area contributed by atoms with Gasteiger partial charge in [0.25, 0.3) is 0 Å². The summed E-state index contributed by atoms with van der Waals surface area (Å²) in [4.78, 5) is 28.7. The fourth-order valence-corrected chi connectivity index (χ4v) is 3.71. The van der Waals surface area contributed by atoms with Gasteiger partial charge in [0.05, 0.1) is 32.4 Å². The van der Waals surface area contributed by atoms with E-state index in [-0.39, 0.29) is 24.8 Å². The first-order chi connectivity index (χ1) is 15.0. The maximum absolute atomic E-state index is 12.6. The van der Waals surface area contributed by atoms with E-state index in [0.717, 1.165) is 54.1 Å². The van der Waals surface area contributed by atoms with Gasteiger partial charge in [-0.15, -0.1) is 0 Å². The second-order valence-corrected chi connectivity index (χ2v) is 7.88. The number of aryl methyl sites for hydroxylation is 1. The minimum atomic E-state index is -0.234. The molecule has 1 N–H and O–H groups in total. The number of furan rings is 1. The molecule has 1 aliphatic rings. The van der Waals surface area contributed by atoms with Crippen LogP contribution in [0.1, 0.15) is 11.1 Å². The van der Waals surface area contributed by atoms with E-state index in [9.17, 15) is 9.59 Å². The third-order valence-electron chi connectivity index (χ3n) is 5.49. The first-order valence-electron chi connectivity index (χ1n) is 10.4. The normalized spacial score (nSPS) is 13.9. The van der Waals surface area contributed by atoms with Gasteiger partial charge in [-0.1, -0.05) is 12.1 Å². The lowest BCUT2D eigenvalue weighted by Crippen LogP contribution is -2.36. The van der Waals surface area contributed by atoms with Crippen molar-refractivity contribution in [2.45, 2.75) is 13.3 Å². The van der Waals surface area contributed by atoms with Crippen LogP contribution in [0.4, 0.5) is 11.4 Å². The fourth-order valence-electron chi connectivity index (χ4n) is 3.71. The minimum absolute atomic E-state index is 0.0149. The molecule has 0 saturated carbocycles. The Balaban J connectivity index is 1.30. The molecule has 0 aliphatic carbocycles. The molecule has 4 rings (SSSR count). The fraction of sp³-hybridized carbons (Fsp3) is 0.333. The van der Waals surface area contributed by atoms with Gasteiger partial charge in [-0.2, -0.15) is 0 Å². The van der Waals surface area contributed by atoms with Gasteiger partial charge in [0.2, 0.25) is 11.8 Å². The Hall–Kier alpha value is -3.32. The van der Waals surface area contributed by atoms with Crippen LogP contribution in [-0.4, -0.2) is 56.6 Å². The maximum Gasteiger partial charge on any atom is 0.243 e. The SMILES string of the molecule is Cc1ccc2c(CC(=O)N(C)CC(=O)Nc3ccc(N4CCOCC4)cc3)coc2c1. The largest absolute Gasteiger partial charge is 0.464 e. The lowest BCUT2D eigenvalue weighted by molar-refractivity contribution is -0.132. The van der Waals surface area contributed by atoms with Crippen molar-refractivity contribution in [2.75, 3.05) is 50.1 Å². The Bertz CT molecular complexity index is 1070. The summed E-state index contributed by atoms with van der Waals surface area (Å²) in [6.07, 6.45) is 1.81. The maximum atomic E-state index is 12.6. The number of hydrogen-bond acceptors (Lipinski definition) is 5. The number of ether oxygens (including phenoxy) is 1. The highest BCUT2D eigenvalue weighted by molar-refractivity contribution is 5.95. The van der Waals surface area contributed by atoms with Gasteiger partial charge in [-0.25, -0.2) is 0 Å². The number of likely N-dealkylation sites (N-methyl/N-ethyl adjacent to an activating group) is 1. The number of rotatable bonds is 6. The summed E-state index contributed by atoms with van der Waals surface area (Å²) < 4.78 is 10.9. The predicted octanol–water partition coefficient (Wildman–Crippen LogP) is 3.22. The molecule has 1 fully saturated rings. The molecule has 162 valence electrons. The number of fused-ring (bicyclic) bond motifs is 1. The summed E-state index contributed by atoms with van der Waals surface area (Å²) in [5, 5.41) is 3.79. The van der Waals surface area contributed by atoms with Crippen molar-refractivity contribution in [1.29, 1.82) is 0 Å². The summed E-state index contributed by atoms with van der Waals surface area (Å²) in [5.74, 6) is -0.372. The monoisotopic (exact) mass is 421 g/mol. The van der Waals surface area contributed by atoms with E-state index in [4.69, 9.17) is 9.15 Å². The summed E-state index contributed by atoms with van der Waals surface area (Å²) in [7, 11) is 1.63. The molecule has 0 spiro atoms. The molecule has 7 heteroatoms. The summed E-state index contributed by atoms with van der Waals surface area (Å²) in [6.45, 7) is 5.17. The molecular weight excluding hydrogens is 394 g/mol. The zero-order chi connectivity index (χ0) is 21.8. The van der Waals surface area contributed by atoms with Crippen molar-refractivity contribution in [3.8, 4) is 0 Å². The van der Waals surface area contributed by atoms with Gasteiger partial charge in [-0.05, 0) is 42.8 Å². The molecule has 3 aromatic rings. The molecule has 2 heterocycles. The van der Waals surface area contributed by atoms with E-state index in [1.54, 1.807) is 13.3 Å². The molecule has 31 heavy (non-hydrogen) atoms. The molecule has 1 aromatic heterocycles. The standard InChI is InChI=1S/C24H27N3O4/c1-17-3-8-21-18(16-31-22(21)13-17)14-24(29)26(2)15-23(28)25-19-4-6-20(7-5-19)27-9-11-30-12-10-27/h3-8,13,16H,9-12,14-15H2,1-2H3,(H,25,28). The number of hydrogen-bond donors (Lipinski definition) is 1. The third kappa shape index (κ3) is 5.06. The molecule has 2 amide bonds. The van der Waals surface area contributed by atoms with Crippen molar-refractivity contribution in [3.05, 3.63) is 59.9 Å². The minimum Gasteiger partial charge on any atom is -0.464 e. The van der Waals surface area contributed by atoms with Gasteiger partial charge in [0, 0.05) is 42.5 Å². The Morgan fingerprint density at radius 2 is 1.84 bits per heavy atom. The van der Waals surface area contributed by atoms with Crippen molar-refractivity contribution in [1.82, 2.24) is 4.90 Å². The van der Waals surface area contributed by atoms with Crippen LogP contribution < -0.4 is 10.2 Å². The van der Waals surface area contributed by atoms with Crippen LogP contribution in [0.5, 0.6) is 0 Å². The van der Waals surface area contributed by atoms with Crippen molar-refractivity contribution in [2.24, 2.45) is 0 Å². The highest BCUT2D eigenvalue weighted by Gasteiger charge is 2.17. The van der Waals surface area contributed by atoms with Crippen LogP contribution >= 0.6 is 0 Å². The number of nitrogens with zero attached hydrogens (tertiary/aromatic N) is 2. The topological polar surface area (TPSA) is 75.0 Å². The second kappa shape index (κ2) is 9.22. The average Bonchev–Trinajstić information content (AvgIpc) is 3.16. The molecule has 0 radical (unpaired) electrons. The summed E-state index contributed by atoms with van der Waals surface area (Å²) in [6, 6.07) is 13.6. The number of carbonyl (C=O) groups is 2. The lowest BCUT2D eigenvalue weighted by atomic mass is 10.1. The highest BCUT2D eigenvalue weighted by Crippen LogP contribution is 2.23. The molecule has 1 aliphatic heterocycles. The number of benzene rings is 2. The third-order valence-corrected chi connectivity index (χ3v) is 5.49. The number of nitrogens with one attached hydrogen (secondary N) is 1. The Morgan fingerprint density at radius 3 is 2.58 bits per heavy atom. The first kappa shape index (κ1) is 20.9. The molecule has 0 atom stereocenters. The number of anilines is 2. The average molecular weight is 421 g/mol. The van der Waals surface area contributed by atoms with Gasteiger partial charge >= 0.3 is 0 Å². The van der Waals surface area contributed by atoms with E-state index in [0.29, 0.717) is 5.69 Å². The van der Waals surface area contributed by atoms with Gasteiger partial charge in [0.15, 0.2) is 0 Å². The van der Waals surface area contributed by atoms with Crippen molar-refractivity contribution in [3.63, 3.8) is 0 Å². The van der Waals surface area contributed by atoms with Crippen LogP contribution in [0.25, 0.3) is 11.0 Å². The molecule has 0 unspecified atom stereocenters. The van der Waals surface area contributed by atoms with Crippen molar-refractivity contribution < 1.29 is 18.7 Å². The van der Waals surface area contributed by atoms with E-state index in [1.807, 2.05) is 49.4 Å². The summed E-state index contributed by atoms with van der Waals surface area (Å²) in [5.41, 5.74) is 4.51. The van der Waals surface area contributed by atoms with E-state index in [2.05, 4.69) is 10.2 Å². The van der Waals surface area contributed by atoms with Gasteiger partial charge < -0.3 is 24.3 Å². The number of amides is 2. The van der Waals surface area contributed by atoms with Crippen LogP contribution in [0, 0.1) is 6.92 Å².